The number of rotatable bonds is 4. The summed E-state index contributed by atoms with van der Waals surface area (Å²) in [6.45, 7) is 4.84. The summed E-state index contributed by atoms with van der Waals surface area (Å²) >= 11 is 0. The molecule has 1 aromatic rings. The van der Waals surface area contributed by atoms with Crippen LogP contribution in [0.2, 0.25) is 0 Å². The van der Waals surface area contributed by atoms with Crippen LogP contribution in [0.3, 0.4) is 0 Å². The summed E-state index contributed by atoms with van der Waals surface area (Å²) in [5.41, 5.74) is 1.13. The minimum absolute atomic E-state index is 0.00409. The van der Waals surface area contributed by atoms with Crippen molar-refractivity contribution in [1.29, 1.82) is 0 Å². The first-order chi connectivity index (χ1) is 12.6. The van der Waals surface area contributed by atoms with Gasteiger partial charge in [-0.05, 0) is 44.6 Å². The van der Waals surface area contributed by atoms with Gasteiger partial charge < -0.3 is 25.2 Å². The van der Waals surface area contributed by atoms with Crippen molar-refractivity contribution in [2.75, 3.05) is 58.7 Å². The molecule has 0 radical (unpaired) electrons. The monoisotopic (exact) mass is 360 g/mol. The van der Waals surface area contributed by atoms with Gasteiger partial charge in [0.2, 0.25) is 5.91 Å². The summed E-state index contributed by atoms with van der Waals surface area (Å²) < 4.78 is 5.37. The van der Waals surface area contributed by atoms with E-state index < -0.39 is 0 Å². The molecule has 2 aliphatic rings. The Kier molecular flexibility index (Phi) is 6.11. The number of hydrogen-bond donors (Lipinski definition) is 2. The van der Waals surface area contributed by atoms with E-state index in [-0.39, 0.29) is 17.7 Å². The van der Waals surface area contributed by atoms with Crippen LogP contribution >= 0.6 is 0 Å². The van der Waals surface area contributed by atoms with Crippen molar-refractivity contribution in [3.8, 4) is 5.75 Å². The molecular weight excluding hydrogens is 332 g/mol. The number of nitrogens with zero attached hydrogens (tertiary/aromatic N) is 2. The third-order valence-electron chi connectivity index (χ3n) is 5.16. The van der Waals surface area contributed by atoms with E-state index in [0.29, 0.717) is 23.5 Å². The van der Waals surface area contributed by atoms with Crippen molar-refractivity contribution in [2.24, 2.45) is 5.92 Å². The van der Waals surface area contributed by atoms with E-state index in [0.717, 1.165) is 45.6 Å². The van der Waals surface area contributed by atoms with Crippen LogP contribution in [0.1, 0.15) is 23.2 Å². The topological polar surface area (TPSA) is 73.9 Å². The van der Waals surface area contributed by atoms with Gasteiger partial charge in [0.1, 0.15) is 5.75 Å². The van der Waals surface area contributed by atoms with Crippen LogP contribution in [-0.4, -0.2) is 75.0 Å². The number of piperidine rings is 1. The molecule has 2 saturated heterocycles. The number of piperazine rings is 1. The van der Waals surface area contributed by atoms with E-state index in [4.69, 9.17) is 4.74 Å². The van der Waals surface area contributed by atoms with Gasteiger partial charge in [0.25, 0.3) is 5.91 Å². The molecule has 1 aromatic carbocycles. The Bertz CT molecular complexity index is 650. The van der Waals surface area contributed by atoms with E-state index in [1.54, 1.807) is 25.3 Å². The fraction of sp³-hybridized carbons (Fsp3) is 0.579. The zero-order chi connectivity index (χ0) is 18.5. The highest BCUT2D eigenvalue weighted by Crippen LogP contribution is 2.27. The van der Waals surface area contributed by atoms with Crippen LogP contribution < -0.4 is 15.4 Å². The molecule has 7 nitrogen and oxygen atoms in total. The maximum Gasteiger partial charge on any atom is 0.254 e. The summed E-state index contributed by atoms with van der Waals surface area (Å²) in [7, 11) is 3.62. The Morgan fingerprint density at radius 1 is 1.23 bits per heavy atom. The predicted molar refractivity (Wildman–Crippen MR) is 101 cm³/mol. The van der Waals surface area contributed by atoms with Gasteiger partial charge in [-0.15, -0.1) is 0 Å². The summed E-state index contributed by atoms with van der Waals surface area (Å²) in [5.74, 6) is 0.484. The second-order valence-corrected chi connectivity index (χ2v) is 7.04. The van der Waals surface area contributed by atoms with E-state index in [1.165, 1.54) is 0 Å². The van der Waals surface area contributed by atoms with Crippen molar-refractivity contribution in [2.45, 2.75) is 12.8 Å². The standard InChI is InChI=1S/C19H28N4O3/c1-22-8-10-23(11-9-22)19(25)14-5-6-17(26-2)16(12-14)21-18(24)15-4-3-7-20-13-15/h5-6,12,15,20H,3-4,7-11,13H2,1-2H3,(H,21,24). The highest BCUT2D eigenvalue weighted by Gasteiger charge is 2.24. The zero-order valence-corrected chi connectivity index (χ0v) is 15.6. The van der Waals surface area contributed by atoms with Gasteiger partial charge in [0.15, 0.2) is 0 Å². The second kappa shape index (κ2) is 8.51. The van der Waals surface area contributed by atoms with Crippen LogP contribution in [0.5, 0.6) is 5.75 Å². The number of amides is 2. The molecule has 0 saturated carbocycles. The van der Waals surface area contributed by atoms with E-state index in [1.807, 2.05) is 4.90 Å². The number of benzene rings is 1. The molecule has 2 aliphatic heterocycles. The SMILES string of the molecule is COc1ccc(C(=O)N2CCN(C)CC2)cc1NC(=O)C1CCCNC1. The molecule has 0 aliphatic carbocycles. The fourth-order valence-corrected chi connectivity index (χ4v) is 3.44. The summed E-state index contributed by atoms with van der Waals surface area (Å²) in [5, 5.41) is 6.20. The van der Waals surface area contributed by atoms with Crippen LogP contribution in [-0.2, 0) is 4.79 Å². The van der Waals surface area contributed by atoms with Gasteiger partial charge in [0.05, 0.1) is 18.7 Å². The molecule has 2 fully saturated rings. The largest absolute Gasteiger partial charge is 0.495 e. The first kappa shape index (κ1) is 18.7. The number of hydrogen-bond acceptors (Lipinski definition) is 5. The lowest BCUT2D eigenvalue weighted by Gasteiger charge is -2.32. The van der Waals surface area contributed by atoms with Crippen molar-refractivity contribution in [3.63, 3.8) is 0 Å². The molecule has 0 bridgehead atoms. The van der Waals surface area contributed by atoms with Crippen molar-refractivity contribution in [1.82, 2.24) is 15.1 Å². The van der Waals surface area contributed by atoms with Gasteiger partial charge in [-0.2, -0.15) is 0 Å². The molecule has 1 atom stereocenters. The normalized spacial score (nSPS) is 21.3. The highest BCUT2D eigenvalue weighted by atomic mass is 16.5. The van der Waals surface area contributed by atoms with Gasteiger partial charge in [-0.3, -0.25) is 9.59 Å². The predicted octanol–water partition coefficient (Wildman–Crippen LogP) is 1.02. The molecule has 0 spiro atoms. The van der Waals surface area contributed by atoms with Crippen molar-refractivity contribution in [3.05, 3.63) is 23.8 Å². The van der Waals surface area contributed by atoms with E-state index in [9.17, 15) is 9.59 Å². The Morgan fingerprint density at radius 3 is 2.65 bits per heavy atom. The number of carbonyl (C=O) groups excluding carboxylic acids is 2. The molecule has 2 amide bonds. The number of likely N-dealkylation sites (N-methyl/N-ethyl adjacent to an activating group) is 1. The first-order valence-corrected chi connectivity index (χ1v) is 9.26. The Balaban J connectivity index is 1.73. The lowest BCUT2D eigenvalue weighted by molar-refractivity contribution is -0.120. The number of ether oxygens (including phenoxy) is 1. The van der Waals surface area contributed by atoms with Gasteiger partial charge in [0, 0.05) is 38.3 Å². The van der Waals surface area contributed by atoms with Gasteiger partial charge in [-0.25, -0.2) is 0 Å². The van der Waals surface area contributed by atoms with Gasteiger partial charge in [-0.1, -0.05) is 0 Å². The van der Waals surface area contributed by atoms with Crippen LogP contribution in [0.25, 0.3) is 0 Å². The first-order valence-electron chi connectivity index (χ1n) is 9.26. The molecule has 142 valence electrons. The minimum atomic E-state index is -0.0505. The average molecular weight is 360 g/mol. The zero-order valence-electron chi connectivity index (χ0n) is 15.6. The molecular formula is C19H28N4O3. The van der Waals surface area contributed by atoms with Crippen LogP contribution in [0.15, 0.2) is 18.2 Å². The minimum Gasteiger partial charge on any atom is -0.495 e. The summed E-state index contributed by atoms with van der Waals surface area (Å²) in [6, 6.07) is 5.24. The number of carbonyl (C=O) groups is 2. The second-order valence-electron chi connectivity index (χ2n) is 7.04. The number of anilines is 1. The number of nitrogens with one attached hydrogen (secondary N) is 2. The third kappa shape index (κ3) is 4.34. The van der Waals surface area contributed by atoms with Crippen LogP contribution in [0, 0.1) is 5.92 Å². The Labute approximate surface area is 154 Å². The molecule has 2 N–H and O–H groups in total. The average Bonchev–Trinajstić information content (AvgIpc) is 2.68. The smallest absolute Gasteiger partial charge is 0.254 e. The molecule has 2 heterocycles. The van der Waals surface area contributed by atoms with Crippen molar-refractivity contribution >= 4 is 17.5 Å². The maximum absolute atomic E-state index is 12.8. The van der Waals surface area contributed by atoms with Crippen LogP contribution in [0.4, 0.5) is 5.69 Å². The lowest BCUT2D eigenvalue weighted by Crippen LogP contribution is -2.47. The summed E-state index contributed by atoms with van der Waals surface area (Å²) in [6.07, 6.45) is 1.87. The highest BCUT2D eigenvalue weighted by molar-refractivity contribution is 5.99. The van der Waals surface area contributed by atoms with Crippen molar-refractivity contribution < 1.29 is 14.3 Å². The number of methoxy groups -OCH3 is 1. The fourth-order valence-electron chi connectivity index (χ4n) is 3.44. The Hall–Kier alpha value is -2.12. The van der Waals surface area contributed by atoms with Gasteiger partial charge >= 0.3 is 0 Å². The third-order valence-corrected chi connectivity index (χ3v) is 5.16. The lowest BCUT2D eigenvalue weighted by atomic mass is 9.98. The Morgan fingerprint density at radius 2 is 2.00 bits per heavy atom. The van der Waals surface area contributed by atoms with E-state index >= 15 is 0 Å². The molecule has 7 heteroatoms. The molecule has 1 unspecified atom stereocenters. The molecule has 26 heavy (non-hydrogen) atoms. The quantitative estimate of drug-likeness (QED) is 0.839. The van der Waals surface area contributed by atoms with E-state index in [2.05, 4.69) is 22.6 Å². The summed E-state index contributed by atoms with van der Waals surface area (Å²) in [4.78, 5) is 29.4. The maximum atomic E-state index is 12.8. The molecule has 3 rings (SSSR count). The molecule has 0 aromatic heterocycles.